The van der Waals surface area contributed by atoms with Crippen LogP contribution in [0.15, 0.2) is 6.20 Å². The Hall–Kier alpha value is -1.43. The number of rotatable bonds is 8. The van der Waals surface area contributed by atoms with Crippen LogP contribution in [0.5, 0.6) is 0 Å². The van der Waals surface area contributed by atoms with E-state index in [1.807, 2.05) is 20.0 Å². The summed E-state index contributed by atoms with van der Waals surface area (Å²) >= 11 is 0. The van der Waals surface area contributed by atoms with Crippen molar-refractivity contribution in [2.24, 2.45) is 5.73 Å². The summed E-state index contributed by atoms with van der Waals surface area (Å²) < 4.78 is 1.61. The van der Waals surface area contributed by atoms with E-state index in [9.17, 15) is 4.79 Å². The van der Waals surface area contributed by atoms with Crippen LogP contribution in [0.25, 0.3) is 0 Å². The third-order valence-corrected chi connectivity index (χ3v) is 2.89. The monoisotopic (exact) mass is 253 g/mol. The van der Waals surface area contributed by atoms with Gasteiger partial charge in [0.15, 0.2) is 0 Å². The lowest BCUT2D eigenvalue weighted by atomic mass is 10.2. The first-order chi connectivity index (χ1) is 8.71. The quantitative estimate of drug-likeness (QED) is 0.681. The van der Waals surface area contributed by atoms with Crippen LogP contribution in [0.4, 0.5) is 0 Å². The summed E-state index contributed by atoms with van der Waals surface area (Å²) in [7, 11) is 0. The van der Waals surface area contributed by atoms with Crippen molar-refractivity contribution in [2.45, 2.75) is 39.7 Å². The van der Waals surface area contributed by atoms with Crippen LogP contribution >= 0.6 is 0 Å². The summed E-state index contributed by atoms with van der Waals surface area (Å²) in [6.45, 7) is 6.38. The Labute approximate surface area is 108 Å². The number of carbonyl (C=O) groups excluding carboxylic acids is 1. The average molecular weight is 253 g/mol. The van der Waals surface area contributed by atoms with Crippen molar-refractivity contribution < 1.29 is 4.79 Å². The number of hydrogen-bond donors (Lipinski definition) is 1. The molecule has 1 aromatic heterocycles. The van der Waals surface area contributed by atoms with E-state index >= 15 is 0 Å². The van der Waals surface area contributed by atoms with Crippen LogP contribution in [-0.4, -0.2) is 45.4 Å². The van der Waals surface area contributed by atoms with Gasteiger partial charge >= 0.3 is 0 Å². The van der Waals surface area contributed by atoms with Crippen molar-refractivity contribution in [3.05, 3.63) is 11.9 Å². The Balaban J connectivity index is 2.45. The molecule has 6 heteroatoms. The van der Waals surface area contributed by atoms with E-state index in [1.54, 1.807) is 9.58 Å². The lowest BCUT2D eigenvalue weighted by Crippen LogP contribution is -2.33. The number of hydrogen-bond acceptors (Lipinski definition) is 4. The Morgan fingerprint density at radius 2 is 2.11 bits per heavy atom. The van der Waals surface area contributed by atoms with Crippen LogP contribution in [0.1, 0.15) is 32.4 Å². The Bertz CT molecular complexity index is 359. The van der Waals surface area contributed by atoms with Crippen LogP contribution in [0.3, 0.4) is 0 Å². The van der Waals surface area contributed by atoms with Gasteiger partial charge in [0.05, 0.1) is 5.69 Å². The Kier molecular flexibility index (Phi) is 6.35. The van der Waals surface area contributed by atoms with Gasteiger partial charge in [-0.1, -0.05) is 5.21 Å². The van der Waals surface area contributed by atoms with Gasteiger partial charge in [-0.2, -0.15) is 0 Å². The minimum atomic E-state index is 0.0819. The number of nitrogens with zero attached hydrogens (tertiary/aromatic N) is 4. The molecule has 0 atom stereocenters. The first kappa shape index (κ1) is 14.6. The SMILES string of the molecule is CCN(CC)C(=O)Cn1cc(CCCCN)nn1. The number of likely N-dealkylation sites (N-methyl/N-ethyl adjacent to an activating group) is 1. The maximum absolute atomic E-state index is 11.9. The van der Waals surface area contributed by atoms with Gasteiger partial charge in [0.25, 0.3) is 0 Å². The van der Waals surface area contributed by atoms with Gasteiger partial charge < -0.3 is 10.6 Å². The largest absolute Gasteiger partial charge is 0.342 e. The summed E-state index contributed by atoms with van der Waals surface area (Å²) in [6, 6.07) is 0. The third kappa shape index (κ3) is 4.44. The minimum absolute atomic E-state index is 0.0819. The zero-order valence-electron chi connectivity index (χ0n) is 11.3. The molecule has 1 aromatic rings. The van der Waals surface area contributed by atoms with Crippen molar-refractivity contribution in [1.82, 2.24) is 19.9 Å². The highest BCUT2D eigenvalue weighted by atomic mass is 16.2. The number of aryl methyl sites for hydroxylation is 1. The third-order valence-electron chi connectivity index (χ3n) is 2.89. The molecule has 102 valence electrons. The summed E-state index contributed by atoms with van der Waals surface area (Å²) in [5.41, 5.74) is 6.36. The van der Waals surface area contributed by atoms with Gasteiger partial charge in [0.2, 0.25) is 5.91 Å². The molecule has 6 nitrogen and oxygen atoms in total. The highest BCUT2D eigenvalue weighted by Gasteiger charge is 2.11. The van der Waals surface area contributed by atoms with Gasteiger partial charge in [-0.15, -0.1) is 5.10 Å². The van der Waals surface area contributed by atoms with Crippen LogP contribution in [-0.2, 0) is 17.8 Å². The molecule has 1 heterocycles. The number of carbonyl (C=O) groups is 1. The molecule has 0 aliphatic rings. The van der Waals surface area contributed by atoms with Crippen LogP contribution < -0.4 is 5.73 Å². The molecular weight excluding hydrogens is 230 g/mol. The average Bonchev–Trinajstić information content (AvgIpc) is 2.79. The van der Waals surface area contributed by atoms with Gasteiger partial charge in [0, 0.05) is 19.3 Å². The zero-order valence-corrected chi connectivity index (χ0v) is 11.3. The molecule has 0 saturated carbocycles. The van der Waals surface area contributed by atoms with Crippen molar-refractivity contribution in [2.75, 3.05) is 19.6 Å². The Morgan fingerprint density at radius 1 is 1.39 bits per heavy atom. The minimum Gasteiger partial charge on any atom is -0.342 e. The summed E-state index contributed by atoms with van der Waals surface area (Å²) in [4.78, 5) is 13.7. The topological polar surface area (TPSA) is 77.0 Å². The normalized spacial score (nSPS) is 10.6. The molecular formula is C12H23N5O. The predicted octanol–water partition coefficient (Wildman–Crippen LogP) is 0.428. The van der Waals surface area contributed by atoms with Gasteiger partial charge in [-0.3, -0.25) is 4.79 Å². The number of amides is 1. The van der Waals surface area contributed by atoms with E-state index in [0.29, 0.717) is 6.54 Å². The van der Waals surface area contributed by atoms with Crippen molar-refractivity contribution in [3.8, 4) is 0 Å². The highest BCUT2D eigenvalue weighted by molar-refractivity contribution is 5.75. The first-order valence-electron chi connectivity index (χ1n) is 6.58. The summed E-state index contributed by atoms with van der Waals surface area (Å²) in [5, 5.41) is 8.03. The van der Waals surface area contributed by atoms with Crippen LogP contribution in [0, 0.1) is 0 Å². The van der Waals surface area contributed by atoms with Crippen LogP contribution in [0.2, 0.25) is 0 Å². The Morgan fingerprint density at radius 3 is 2.72 bits per heavy atom. The van der Waals surface area contributed by atoms with Crippen molar-refractivity contribution in [1.29, 1.82) is 0 Å². The van der Waals surface area contributed by atoms with Crippen molar-refractivity contribution >= 4 is 5.91 Å². The smallest absolute Gasteiger partial charge is 0.244 e. The molecule has 0 aliphatic heterocycles. The molecule has 0 saturated heterocycles. The maximum Gasteiger partial charge on any atom is 0.244 e. The zero-order chi connectivity index (χ0) is 13.4. The standard InChI is InChI=1S/C12H23N5O/c1-3-16(4-2)12(18)10-17-9-11(14-15-17)7-5-6-8-13/h9H,3-8,10,13H2,1-2H3. The summed E-state index contributed by atoms with van der Waals surface area (Å²) in [5.74, 6) is 0.0819. The van der Waals surface area contributed by atoms with E-state index in [1.165, 1.54) is 0 Å². The van der Waals surface area contributed by atoms with E-state index in [-0.39, 0.29) is 12.5 Å². The van der Waals surface area contributed by atoms with Gasteiger partial charge in [-0.05, 0) is 39.7 Å². The molecule has 0 fully saturated rings. The number of nitrogens with two attached hydrogens (primary N) is 1. The predicted molar refractivity (Wildman–Crippen MR) is 69.9 cm³/mol. The second-order valence-corrected chi connectivity index (χ2v) is 4.22. The second-order valence-electron chi connectivity index (χ2n) is 4.22. The molecule has 1 rings (SSSR count). The molecule has 0 unspecified atom stereocenters. The molecule has 0 spiro atoms. The van der Waals surface area contributed by atoms with E-state index in [2.05, 4.69) is 10.3 Å². The molecule has 1 amide bonds. The van der Waals surface area contributed by atoms with Gasteiger partial charge in [-0.25, -0.2) is 4.68 Å². The lowest BCUT2D eigenvalue weighted by Gasteiger charge is -2.17. The van der Waals surface area contributed by atoms with Gasteiger partial charge in [0.1, 0.15) is 6.54 Å². The molecule has 0 aromatic carbocycles. The van der Waals surface area contributed by atoms with E-state index in [0.717, 1.165) is 38.0 Å². The molecule has 18 heavy (non-hydrogen) atoms. The summed E-state index contributed by atoms with van der Waals surface area (Å²) in [6.07, 6.45) is 4.72. The highest BCUT2D eigenvalue weighted by Crippen LogP contribution is 2.01. The lowest BCUT2D eigenvalue weighted by molar-refractivity contribution is -0.131. The van der Waals surface area contributed by atoms with E-state index < -0.39 is 0 Å². The number of unbranched alkanes of at least 4 members (excludes halogenated alkanes) is 1. The number of aromatic nitrogens is 3. The molecule has 2 N–H and O–H groups in total. The molecule has 0 aliphatic carbocycles. The molecule has 0 bridgehead atoms. The first-order valence-corrected chi connectivity index (χ1v) is 6.58. The fourth-order valence-corrected chi connectivity index (χ4v) is 1.80. The van der Waals surface area contributed by atoms with E-state index in [4.69, 9.17) is 5.73 Å². The maximum atomic E-state index is 11.9. The van der Waals surface area contributed by atoms with Crippen molar-refractivity contribution in [3.63, 3.8) is 0 Å². The fraction of sp³-hybridized carbons (Fsp3) is 0.750. The fourth-order valence-electron chi connectivity index (χ4n) is 1.80. The molecule has 0 radical (unpaired) electrons. The second kappa shape index (κ2) is 7.81.